The summed E-state index contributed by atoms with van der Waals surface area (Å²) in [6.45, 7) is 5.31. The Balaban J connectivity index is 3.09. The molecular formula is C11H13Cl2NO2. The van der Waals surface area contributed by atoms with Gasteiger partial charge in [0.25, 0.3) is 0 Å². The quantitative estimate of drug-likeness (QED) is 0.622. The van der Waals surface area contributed by atoms with Gasteiger partial charge in [-0.2, -0.15) is 0 Å². The Bertz CT molecular complexity index is 425. The lowest BCUT2D eigenvalue weighted by molar-refractivity contribution is 0.00698. The van der Waals surface area contributed by atoms with Gasteiger partial charge in [-0.1, -0.05) is 23.2 Å². The molecule has 0 aliphatic rings. The number of hydrogen-bond donors (Lipinski definition) is 1. The molecule has 88 valence electrons. The first-order valence-corrected chi connectivity index (χ1v) is 5.44. The van der Waals surface area contributed by atoms with Crippen LogP contribution in [-0.2, 0) is 4.74 Å². The fraction of sp³-hybridized carbons (Fsp3) is 0.364. The summed E-state index contributed by atoms with van der Waals surface area (Å²) in [5.41, 5.74) is 5.55. The van der Waals surface area contributed by atoms with E-state index in [1.165, 1.54) is 12.1 Å². The topological polar surface area (TPSA) is 52.3 Å². The van der Waals surface area contributed by atoms with Crippen molar-refractivity contribution in [2.75, 3.05) is 5.73 Å². The van der Waals surface area contributed by atoms with E-state index in [-0.39, 0.29) is 15.6 Å². The van der Waals surface area contributed by atoms with Gasteiger partial charge in [-0.3, -0.25) is 0 Å². The van der Waals surface area contributed by atoms with Crippen LogP contribution in [0.2, 0.25) is 10.0 Å². The zero-order valence-electron chi connectivity index (χ0n) is 9.30. The Labute approximate surface area is 104 Å². The van der Waals surface area contributed by atoms with Crippen LogP contribution in [0.3, 0.4) is 0 Å². The van der Waals surface area contributed by atoms with Gasteiger partial charge in [0.15, 0.2) is 0 Å². The van der Waals surface area contributed by atoms with Crippen molar-refractivity contribution in [3.05, 3.63) is 27.7 Å². The number of carbonyl (C=O) groups is 1. The number of hydrogen-bond acceptors (Lipinski definition) is 3. The Morgan fingerprint density at radius 3 is 2.38 bits per heavy atom. The van der Waals surface area contributed by atoms with E-state index in [4.69, 9.17) is 33.7 Å². The summed E-state index contributed by atoms with van der Waals surface area (Å²) in [6, 6.07) is 2.93. The molecule has 3 nitrogen and oxygen atoms in total. The van der Waals surface area contributed by atoms with Gasteiger partial charge in [-0.05, 0) is 32.9 Å². The van der Waals surface area contributed by atoms with Gasteiger partial charge in [0, 0.05) is 5.69 Å². The first-order valence-electron chi connectivity index (χ1n) is 4.68. The average molecular weight is 262 g/mol. The lowest BCUT2D eigenvalue weighted by atomic mass is 10.1. The maximum atomic E-state index is 11.8. The van der Waals surface area contributed by atoms with Crippen LogP contribution in [0.15, 0.2) is 12.1 Å². The summed E-state index contributed by atoms with van der Waals surface area (Å²) < 4.78 is 5.18. The van der Waals surface area contributed by atoms with Crippen molar-refractivity contribution in [3.63, 3.8) is 0 Å². The molecule has 2 N–H and O–H groups in total. The molecule has 0 amide bonds. The highest BCUT2D eigenvalue weighted by atomic mass is 35.5. The van der Waals surface area contributed by atoms with Crippen molar-refractivity contribution in [2.45, 2.75) is 26.4 Å². The maximum Gasteiger partial charge on any atom is 0.340 e. The van der Waals surface area contributed by atoms with Gasteiger partial charge in [-0.15, -0.1) is 0 Å². The van der Waals surface area contributed by atoms with Crippen molar-refractivity contribution in [2.24, 2.45) is 0 Å². The van der Waals surface area contributed by atoms with Crippen LogP contribution in [-0.4, -0.2) is 11.6 Å². The predicted molar refractivity (Wildman–Crippen MR) is 66.0 cm³/mol. The number of nitrogens with two attached hydrogens (primary N) is 1. The summed E-state index contributed by atoms with van der Waals surface area (Å²) in [5.74, 6) is -0.535. The zero-order chi connectivity index (χ0) is 12.5. The molecule has 1 aromatic carbocycles. The highest BCUT2D eigenvalue weighted by molar-refractivity contribution is 6.44. The Hall–Kier alpha value is -0.930. The molecule has 0 saturated carbocycles. The SMILES string of the molecule is CC(C)(C)OC(=O)c1cc(N)cc(Cl)c1Cl. The first-order chi connectivity index (χ1) is 7.20. The fourth-order valence-electron chi connectivity index (χ4n) is 1.09. The van der Waals surface area contributed by atoms with Crippen LogP contribution in [0.1, 0.15) is 31.1 Å². The number of ether oxygens (including phenoxy) is 1. The molecule has 0 aliphatic carbocycles. The Morgan fingerprint density at radius 2 is 1.88 bits per heavy atom. The van der Waals surface area contributed by atoms with Crippen molar-refractivity contribution < 1.29 is 9.53 Å². The molecule has 5 heteroatoms. The number of anilines is 1. The summed E-state index contributed by atoms with van der Waals surface area (Å²) in [5, 5.41) is 0.396. The molecule has 1 aromatic rings. The summed E-state index contributed by atoms with van der Waals surface area (Å²) >= 11 is 11.7. The van der Waals surface area contributed by atoms with E-state index < -0.39 is 11.6 Å². The third-order valence-corrected chi connectivity index (χ3v) is 2.47. The van der Waals surface area contributed by atoms with E-state index in [9.17, 15) is 4.79 Å². The normalized spacial score (nSPS) is 11.3. The molecule has 0 radical (unpaired) electrons. The highest BCUT2D eigenvalue weighted by Crippen LogP contribution is 2.30. The molecule has 0 aromatic heterocycles. The van der Waals surface area contributed by atoms with Gasteiger partial charge in [0.05, 0.1) is 15.6 Å². The summed E-state index contributed by atoms with van der Waals surface area (Å²) in [7, 11) is 0. The van der Waals surface area contributed by atoms with Crippen molar-refractivity contribution in [1.29, 1.82) is 0 Å². The fourth-order valence-corrected chi connectivity index (χ4v) is 1.51. The first kappa shape index (κ1) is 13.1. The largest absolute Gasteiger partial charge is 0.456 e. The molecule has 0 saturated heterocycles. The number of benzene rings is 1. The second kappa shape index (κ2) is 4.52. The minimum atomic E-state index is -0.586. The molecule has 0 atom stereocenters. The van der Waals surface area contributed by atoms with Crippen LogP contribution in [0.4, 0.5) is 5.69 Å². The van der Waals surface area contributed by atoms with E-state index >= 15 is 0 Å². The molecule has 0 heterocycles. The van der Waals surface area contributed by atoms with Crippen LogP contribution in [0, 0.1) is 0 Å². The van der Waals surface area contributed by atoms with E-state index in [0.29, 0.717) is 5.69 Å². The molecule has 16 heavy (non-hydrogen) atoms. The molecule has 0 spiro atoms. The zero-order valence-corrected chi connectivity index (χ0v) is 10.8. The second-order valence-electron chi connectivity index (χ2n) is 4.37. The number of carbonyl (C=O) groups excluding carboxylic acids is 1. The lowest BCUT2D eigenvalue weighted by Gasteiger charge is -2.20. The molecule has 1 rings (SSSR count). The molecule has 0 fully saturated rings. The van der Waals surface area contributed by atoms with E-state index in [0.717, 1.165) is 0 Å². The van der Waals surface area contributed by atoms with Gasteiger partial charge >= 0.3 is 5.97 Å². The summed E-state index contributed by atoms with van der Waals surface area (Å²) in [4.78, 5) is 11.8. The average Bonchev–Trinajstić information content (AvgIpc) is 2.08. The van der Waals surface area contributed by atoms with Gasteiger partial charge in [0.1, 0.15) is 5.60 Å². The molecule has 0 unspecified atom stereocenters. The number of nitrogen functional groups attached to an aromatic ring is 1. The van der Waals surface area contributed by atoms with E-state index in [1.807, 2.05) is 0 Å². The molecular weight excluding hydrogens is 249 g/mol. The smallest absolute Gasteiger partial charge is 0.340 e. The Morgan fingerprint density at radius 1 is 1.31 bits per heavy atom. The van der Waals surface area contributed by atoms with Gasteiger partial charge in [-0.25, -0.2) is 4.79 Å². The minimum absolute atomic E-state index is 0.158. The minimum Gasteiger partial charge on any atom is -0.456 e. The number of esters is 1. The standard InChI is InChI=1S/C11H13Cl2NO2/c1-11(2,3)16-10(15)7-4-6(14)5-8(12)9(7)13/h4-5H,14H2,1-3H3. The van der Waals surface area contributed by atoms with Crippen LogP contribution >= 0.6 is 23.2 Å². The van der Waals surface area contributed by atoms with Gasteiger partial charge in [0.2, 0.25) is 0 Å². The van der Waals surface area contributed by atoms with Gasteiger partial charge < -0.3 is 10.5 Å². The van der Waals surface area contributed by atoms with Crippen molar-refractivity contribution in [1.82, 2.24) is 0 Å². The summed E-state index contributed by atoms with van der Waals surface area (Å²) in [6.07, 6.45) is 0. The van der Waals surface area contributed by atoms with Crippen LogP contribution in [0.25, 0.3) is 0 Å². The predicted octanol–water partition coefficient (Wildman–Crippen LogP) is 3.53. The second-order valence-corrected chi connectivity index (χ2v) is 5.15. The van der Waals surface area contributed by atoms with Crippen molar-refractivity contribution >= 4 is 34.9 Å². The van der Waals surface area contributed by atoms with Crippen molar-refractivity contribution in [3.8, 4) is 0 Å². The van der Waals surface area contributed by atoms with Crippen LogP contribution < -0.4 is 5.73 Å². The third-order valence-electron chi connectivity index (χ3n) is 1.67. The van der Waals surface area contributed by atoms with Crippen LogP contribution in [0.5, 0.6) is 0 Å². The van der Waals surface area contributed by atoms with E-state index in [1.54, 1.807) is 20.8 Å². The molecule has 0 aliphatic heterocycles. The highest BCUT2D eigenvalue weighted by Gasteiger charge is 2.21. The monoisotopic (exact) mass is 261 g/mol. The maximum absolute atomic E-state index is 11.8. The lowest BCUT2D eigenvalue weighted by Crippen LogP contribution is -2.24. The number of rotatable bonds is 1. The Kier molecular flexibility index (Phi) is 3.71. The van der Waals surface area contributed by atoms with E-state index in [2.05, 4.69) is 0 Å². The third kappa shape index (κ3) is 3.29. The number of halogens is 2. The molecule has 0 bridgehead atoms.